The van der Waals surface area contributed by atoms with Crippen LogP contribution in [0.25, 0.3) is 0 Å². The molecule has 0 fully saturated rings. The number of carbonyl (C=O) groups is 1. The van der Waals surface area contributed by atoms with Crippen LogP contribution in [0.5, 0.6) is 5.75 Å². The molecule has 16 heavy (non-hydrogen) atoms. The van der Waals surface area contributed by atoms with Gasteiger partial charge in [0.15, 0.2) is 0 Å². The first-order valence-corrected chi connectivity index (χ1v) is 5.20. The van der Waals surface area contributed by atoms with Crippen LogP contribution < -0.4 is 5.32 Å². The summed E-state index contributed by atoms with van der Waals surface area (Å²) >= 11 is 0. The van der Waals surface area contributed by atoms with Crippen molar-refractivity contribution >= 4 is 5.91 Å². The highest BCUT2D eigenvalue weighted by atomic mass is 16.3. The van der Waals surface area contributed by atoms with Gasteiger partial charge in [-0.15, -0.1) is 0 Å². The van der Waals surface area contributed by atoms with Gasteiger partial charge in [-0.3, -0.25) is 9.69 Å². The second-order valence-corrected chi connectivity index (χ2v) is 3.96. The number of hydrogen-bond donors (Lipinski definition) is 2. The minimum atomic E-state index is -0.186. The minimum absolute atomic E-state index is 0.00178. The fourth-order valence-corrected chi connectivity index (χ4v) is 1.53. The summed E-state index contributed by atoms with van der Waals surface area (Å²) in [6.45, 7) is 0. The van der Waals surface area contributed by atoms with Gasteiger partial charge in [-0.2, -0.15) is 0 Å². The van der Waals surface area contributed by atoms with Gasteiger partial charge >= 0.3 is 0 Å². The molecule has 0 aliphatic carbocycles. The lowest BCUT2D eigenvalue weighted by Gasteiger charge is -2.22. The molecule has 0 spiro atoms. The Kier molecular flexibility index (Phi) is 4.31. The molecule has 1 rings (SSSR count). The largest absolute Gasteiger partial charge is 0.508 e. The van der Waals surface area contributed by atoms with Gasteiger partial charge < -0.3 is 10.4 Å². The highest BCUT2D eigenvalue weighted by Crippen LogP contribution is 2.12. The average Bonchev–Trinajstić information content (AvgIpc) is 2.27. The van der Waals surface area contributed by atoms with Gasteiger partial charge in [0.25, 0.3) is 0 Å². The number of phenols is 1. The van der Waals surface area contributed by atoms with Gasteiger partial charge in [0.1, 0.15) is 5.75 Å². The minimum Gasteiger partial charge on any atom is -0.508 e. The molecule has 1 aromatic rings. The van der Waals surface area contributed by atoms with E-state index in [4.69, 9.17) is 5.11 Å². The maximum atomic E-state index is 11.6. The quantitative estimate of drug-likeness (QED) is 0.785. The van der Waals surface area contributed by atoms with E-state index >= 15 is 0 Å². The summed E-state index contributed by atoms with van der Waals surface area (Å²) in [6.07, 6.45) is 0.632. The molecule has 1 amide bonds. The van der Waals surface area contributed by atoms with Gasteiger partial charge in [-0.25, -0.2) is 0 Å². The first-order chi connectivity index (χ1) is 7.54. The molecule has 0 aromatic heterocycles. The molecule has 4 nitrogen and oxygen atoms in total. The van der Waals surface area contributed by atoms with E-state index in [1.54, 1.807) is 19.2 Å². The van der Waals surface area contributed by atoms with E-state index in [-0.39, 0.29) is 17.7 Å². The summed E-state index contributed by atoms with van der Waals surface area (Å²) in [7, 11) is 5.39. The zero-order valence-electron chi connectivity index (χ0n) is 9.90. The zero-order chi connectivity index (χ0) is 12.1. The SMILES string of the molecule is CNC(=O)[C@H](Cc1ccc(O)cc1)N(C)C. The highest BCUT2D eigenvalue weighted by molar-refractivity contribution is 5.81. The van der Waals surface area contributed by atoms with Crippen molar-refractivity contribution < 1.29 is 9.90 Å². The maximum absolute atomic E-state index is 11.6. The van der Waals surface area contributed by atoms with E-state index in [1.807, 2.05) is 31.1 Å². The molecule has 4 heteroatoms. The Morgan fingerprint density at radius 2 is 1.94 bits per heavy atom. The van der Waals surface area contributed by atoms with Crippen molar-refractivity contribution in [2.24, 2.45) is 0 Å². The van der Waals surface area contributed by atoms with Crippen LogP contribution in [-0.2, 0) is 11.2 Å². The smallest absolute Gasteiger partial charge is 0.237 e. The Bertz CT molecular complexity index is 347. The molecule has 0 heterocycles. The van der Waals surface area contributed by atoms with E-state index in [1.165, 1.54) is 0 Å². The van der Waals surface area contributed by atoms with Crippen molar-refractivity contribution in [3.05, 3.63) is 29.8 Å². The molecule has 1 atom stereocenters. The lowest BCUT2D eigenvalue weighted by molar-refractivity contribution is -0.125. The van der Waals surface area contributed by atoms with Crippen LogP contribution in [0.4, 0.5) is 0 Å². The van der Waals surface area contributed by atoms with Crippen molar-refractivity contribution in [2.45, 2.75) is 12.5 Å². The monoisotopic (exact) mass is 222 g/mol. The first kappa shape index (κ1) is 12.5. The lowest BCUT2D eigenvalue weighted by atomic mass is 10.0. The van der Waals surface area contributed by atoms with Gasteiger partial charge in [0.05, 0.1) is 6.04 Å². The Morgan fingerprint density at radius 3 is 2.38 bits per heavy atom. The second-order valence-electron chi connectivity index (χ2n) is 3.96. The van der Waals surface area contributed by atoms with Crippen molar-refractivity contribution in [1.29, 1.82) is 0 Å². The van der Waals surface area contributed by atoms with Crippen LogP contribution in [0.2, 0.25) is 0 Å². The third kappa shape index (κ3) is 3.24. The van der Waals surface area contributed by atoms with Crippen LogP contribution in [-0.4, -0.2) is 43.1 Å². The third-order valence-corrected chi connectivity index (χ3v) is 2.54. The lowest BCUT2D eigenvalue weighted by Crippen LogP contribution is -2.43. The van der Waals surface area contributed by atoms with Gasteiger partial charge in [-0.05, 0) is 38.2 Å². The van der Waals surface area contributed by atoms with Crippen LogP contribution in [0.15, 0.2) is 24.3 Å². The topological polar surface area (TPSA) is 52.6 Å². The predicted octanol–water partition coefficient (Wildman–Crippen LogP) is 0.611. The van der Waals surface area contributed by atoms with Crippen LogP contribution in [0.3, 0.4) is 0 Å². The Labute approximate surface area is 95.9 Å². The van der Waals surface area contributed by atoms with Crippen molar-refractivity contribution in [3.8, 4) is 5.75 Å². The highest BCUT2D eigenvalue weighted by Gasteiger charge is 2.19. The normalized spacial score (nSPS) is 12.5. The number of phenolic OH excluding ortho intramolecular Hbond substituents is 1. The van der Waals surface area contributed by atoms with Gasteiger partial charge in [0.2, 0.25) is 5.91 Å². The van der Waals surface area contributed by atoms with E-state index in [2.05, 4.69) is 5.32 Å². The number of amides is 1. The second kappa shape index (κ2) is 5.51. The van der Waals surface area contributed by atoms with E-state index in [0.29, 0.717) is 6.42 Å². The summed E-state index contributed by atoms with van der Waals surface area (Å²) in [5.41, 5.74) is 1.03. The average molecular weight is 222 g/mol. The van der Waals surface area contributed by atoms with Crippen molar-refractivity contribution in [2.75, 3.05) is 21.1 Å². The van der Waals surface area contributed by atoms with Gasteiger partial charge in [-0.1, -0.05) is 12.1 Å². The summed E-state index contributed by atoms with van der Waals surface area (Å²) in [5.74, 6) is 0.239. The van der Waals surface area contributed by atoms with E-state index < -0.39 is 0 Å². The molecular weight excluding hydrogens is 204 g/mol. The first-order valence-electron chi connectivity index (χ1n) is 5.20. The van der Waals surface area contributed by atoms with E-state index in [9.17, 15) is 4.79 Å². The van der Waals surface area contributed by atoms with Crippen LogP contribution in [0, 0.1) is 0 Å². The molecular formula is C12H18N2O2. The summed E-state index contributed by atoms with van der Waals surface area (Å²) in [5, 5.41) is 11.8. The Morgan fingerprint density at radius 1 is 1.38 bits per heavy atom. The molecule has 0 saturated carbocycles. The molecule has 1 aromatic carbocycles. The summed E-state index contributed by atoms with van der Waals surface area (Å²) in [4.78, 5) is 13.5. The number of nitrogens with zero attached hydrogens (tertiary/aromatic N) is 1. The molecule has 0 bridgehead atoms. The van der Waals surface area contributed by atoms with E-state index in [0.717, 1.165) is 5.56 Å². The fourth-order valence-electron chi connectivity index (χ4n) is 1.53. The molecule has 0 aliphatic rings. The molecule has 0 unspecified atom stereocenters. The number of benzene rings is 1. The predicted molar refractivity (Wildman–Crippen MR) is 63.4 cm³/mol. The number of aromatic hydroxyl groups is 1. The fraction of sp³-hybridized carbons (Fsp3) is 0.417. The molecule has 2 N–H and O–H groups in total. The summed E-state index contributed by atoms with van der Waals surface area (Å²) in [6, 6.07) is 6.73. The molecule has 0 aliphatic heterocycles. The van der Waals surface area contributed by atoms with Crippen LogP contribution >= 0.6 is 0 Å². The van der Waals surface area contributed by atoms with Gasteiger partial charge in [0, 0.05) is 7.05 Å². The molecule has 0 saturated heterocycles. The Hall–Kier alpha value is -1.55. The number of nitrogens with one attached hydrogen (secondary N) is 1. The number of carbonyl (C=O) groups excluding carboxylic acids is 1. The third-order valence-electron chi connectivity index (χ3n) is 2.54. The molecule has 88 valence electrons. The Balaban J connectivity index is 2.75. The number of hydrogen-bond acceptors (Lipinski definition) is 3. The maximum Gasteiger partial charge on any atom is 0.237 e. The number of rotatable bonds is 4. The van der Waals surface area contributed by atoms with Crippen LogP contribution in [0.1, 0.15) is 5.56 Å². The number of likely N-dealkylation sites (N-methyl/N-ethyl adjacent to an activating group) is 2. The summed E-state index contributed by atoms with van der Waals surface area (Å²) < 4.78 is 0. The van der Waals surface area contributed by atoms with Crippen molar-refractivity contribution in [3.63, 3.8) is 0 Å². The zero-order valence-corrected chi connectivity index (χ0v) is 9.90. The molecule has 0 radical (unpaired) electrons. The standard InChI is InChI=1S/C12H18N2O2/c1-13-12(16)11(14(2)3)8-9-4-6-10(15)7-5-9/h4-7,11,15H,8H2,1-3H3,(H,13,16)/t11-/m0/s1. The van der Waals surface area contributed by atoms with Crippen molar-refractivity contribution in [1.82, 2.24) is 10.2 Å².